The highest BCUT2D eigenvalue weighted by Gasteiger charge is 2.32. The van der Waals surface area contributed by atoms with E-state index in [4.69, 9.17) is 9.47 Å². The summed E-state index contributed by atoms with van der Waals surface area (Å²) < 4.78 is 24.0. The number of ether oxygens (including phenoxy) is 2. The molecule has 2 aromatic carbocycles. The second kappa shape index (κ2) is 6.98. The maximum absolute atomic E-state index is 13.2. The molecule has 2 heterocycles. The summed E-state index contributed by atoms with van der Waals surface area (Å²) in [5.74, 6) is 1.50. The van der Waals surface area contributed by atoms with E-state index in [0.717, 1.165) is 30.0 Å². The van der Waals surface area contributed by atoms with Crippen molar-refractivity contribution in [3.63, 3.8) is 0 Å². The zero-order chi connectivity index (χ0) is 18.1. The van der Waals surface area contributed by atoms with E-state index in [1.807, 2.05) is 24.0 Å². The molecule has 0 radical (unpaired) electrons. The van der Waals surface area contributed by atoms with Crippen LogP contribution >= 0.6 is 0 Å². The Morgan fingerprint density at radius 3 is 2.73 bits per heavy atom. The van der Waals surface area contributed by atoms with Crippen LogP contribution in [0, 0.1) is 5.82 Å². The van der Waals surface area contributed by atoms with Gasteiger partial charge in [-0.1, -0.05) is 25.1 Å². The van der Waals surface area contributed by atoms with E-state index in [2.05, 4.69) is 6.07 Å². The van der Waals surface area contributed by atoms with Crippen molar-refractivity contribution in [1.29, 1.82) is 0 Å². The van der Waals surface area contributed by atoms with Crippen LogP contribution in [0.25, 0.3) is 0 Å². The Morgan fingerprint density at radius 2 is 1.96 bits per heavy atom. The molecule has 0 aromatic heterocycles. The molecule has 1 amide bonds. The fourth-order valence-corrected chi connectivity index (χ4v) is 3.87. The van der Waals surface area contributed by atoms with Gasteiger partial charge in [-0.25, -0.2) is 4.39 Å². The SMILES string of the molecule is CCC(C(=O)N1CCC(c2ccc3c(c2)OCO3)C1)c1ccc(F)cc1. The Labute approximate surface area is 152 Å². The first-order valence-corrected chi connectivity index (χ1v) is 9.09. The fraction of sp³-hybridized carbons (Fsp3) is 0.381. The lowest BCUT2D eigenvalue weighted by Crippen LogP contribution is -2.33. The first-order chi connectivity index (χ1) is 12.7. The number of carbonyl (C=O) groups is 1. The molecule has 2 aromatic rings. The molecule has 2 aliphatic rings. The topological polar surface area (TPSA) is 38.8 Å². The minimum absolute atomic E-state index is 0.127. The average Bonchev–Trinajstić information content (AvgIpc) is 3.32. The van der Waals surface area contributed by atoms with Crippen LogP contribution in [0.2, 0.25) is 0 Å². The molecule has 1 saturated heterocycles. The van der Waals surface area contributed by atoms with E-state index in [-0.39, 0.29) is 24.4 Å². The summed E-state index contributed by atoms with van der Waals surface area (Å²) in [6, 6.07) is 12.3. The van der Waals surface area contributed by atoms with Gasteiger partial charge in [-0.15, -0.1) is 0 Å². The van der Waals surface area contributed by atoms with Crippen LogP contribution in [0.3, 0.4) is 0 Å². The molecule has 0 spiro atoms. The van der Waals surface area contributed by atoms with Crippen molar-refractivity contribution < 1.29 is 18.7 Å². The molecule has 26 heavy (non-hydrogen) atoms. The van der Waals surface area contributed by atoms with Gasteiger partial charge in [0.1, 0.15) is 5.82 Å². The first-order valence-electron chi connectivity index (χ1n) is 9.09. The number of fused-ring (bicyclic) bond motifs is 1. The van der Waals surface area contributed by atoms with Gasteiger partial charge >= 0.3 is 0 Å². The van der Waals surface area contributed by atoms with Crippen LogP contribution in [0.1, 0.15) is 42.7 Å². The van der Waals surface area contributed by atoms with Gasteiger partial charge in [0, 0.05) is 19.0 Å². The second-order valence-electron chi connectivity index (χ2n) is 6.89. The number of benzene rings is 2. The highest BCUT2D eigenvalue weighted by molar-refractivity contribution is 5.84. The molecule has 2 atom stereocenters. The molecule has 2 aliphatic heterocycles. The van der Waals surface area contributed by atoms with Gasteiger partial charge < -0.3 is 14.4 Å². The molecule has 5 heteroatoms. The van der Waals surface area contributed by atoms with E-state index in [1.165, 1.54) is 17.7 Å². The zero-order valence-electron chi connectivity index (χ0n) is 14.8. The van der Waals surface area contributed by atoms with E-state index in [9.17, 15) is 9.18 Å². The minimum Gasteiger partial charge on any atom is -0.454 e. The van der Waals surface area contributed by atoms with Gasteiger partial charge in [0.2, 0.25) is 12.7 Å². The number of hydrogen-bond donors (Lipinski definition) is 0. The lowest BCUT2D eigenvalue weighted by Gasteiger charge is -2.23. The maximum atomic E-state index is 13.2. The minimum atomic E-state index is -0.278. The van der Waals surface area contributed by atoms with Gasteiger partial charge in [0.05, 0.1) is 5.92 Å². The third kappa shape index (κ3) is 3.14. The van der Waals surface area contributed by atoms with Gasteiger partial charge in [-0.2, -0.15) is 0 Å². The van der Waals surface area contributed by atoms with Crippen LogP contribution in [0.4, 0.5) is 4.39 Å². The summed E-state index contributed by atoms with van der Waals surface area (Å²) in [6.07, 6.45) is 1.64. The van der Waals surface area contributed by atoms with E-state index in [0.29, 0.717) is 18.9 Å². The Kier molecular flexibility index (Phi) is 4.53. The fourth-order valence-electron chi connectivity index (χ4n) is 3.87. The van der Waals surface area contributed by atoms with Crippen LogP contribution in [-0.2, 0) is 4.79 Å². The monoisotopic (exact) mass is 355 g/mol. The van der Waals surface area contributed by atoms with Gasteiger partial charge in [-0.05, 0) is 48.2 Å². The van der Waals surface area contributed by atoms with Crippen molar-refractivity contribution in [3.05, 3.63) is 59.4 Å². The van der Waals surface area contributed by atoms with Gasteiger partial charge in [-0.3, -0.25) is 4.79 Å². The van der Waals surface area contributed by atoms with E-state index >= 15 is 0 Å². The zero-order valence-corrected chi connectivity index (χ0v) is 14.8. The molecular weight excluding hydrogens is 333 g/mol. The quantitative estimate of drug-likeness (QED) is 0.830. The molecule has 4 rings (SSSR count). The summed E-state index contributed by atoms with van der Waals surface area (Å²) in [6.45, 7) is 3.72. The Bertz CT molecular complexity index is 805. The summed E-state index contributed by atoms with van der Waals surface area (Å²) in [7, 11) is 0. The molecule has 0 N–H and O–H groups in total. The van der Waals surface area contributed by atoms with Crippen molar-refractivity contribution in [2.75, 3.05) is 19.9 Å². The van der Waals surface area contributed by atoms with E-state index < -0.39 is 0 Å². The number of halogens is 1. The van der Waals surface area contributed by atoms with Crippen LogP contribution < -0.4 is 9.47 Å². The smallest absolute Gasteiger partial charge is 0.231 e. The molecule has 0 aliphatic carbocycles. The number of amides is 1. The second-order valence-corrected chi connectivity index (χ2v) is 6.89. The van der Waals surface area contributed by atoms with Crippen molar-refractivity contribution >= 4 is 5.91 Å². The predicted octanol–water partition coefficient (Wildman–Crippen LogP) is 4.06. The van der Waals surface area contributed by atoms with Gasteiger partial charge in [0.15, 0.2) is 11.5 Å². The van der Waals surface area contributed by atoms with Gasteiger partial charge in [0.25, 0.3) is 0 Å². The Balaban J connectivity index is 1.47. The molecule has 136 valence electrons. The number of likely N-dealkylation sites (tertiary alicyclic amines) is 1. The number of rotatable bonds is 4. The number of carbonyl (C=O) groups excluding carboxylic acids is 1. The molecule has 4 nitrogen and oxygen atoms in total. The third-order valence-corrected chi connectivity index (χ3v) is 5.35. The standard InChI is InChI=1S/C21H22FNO3/c1-2-18(14-3-6-17(22)7-4-14)21(24)23-10-9-16(12-23)15-5-8-19-20(11-15)26-13-25-19/h3-8,11,16,18H,2,9-10,12-13H2,1H3. The van der Waals surface area contributed by atoms with Crippen LogP contribution in [-0.4, -0.2) is 30.7 Å². The molecule has 2 unspecified atom stereocenters. The van der Waals surface area contributed by atoms with Crippen LogP contribution in [0.5, 0.6) is 11.5 Å². The lowest BCUT2D eigenvalue weighted by atomic mass is 9.95. The van der Waals surface area contributed by atoms with Crippen LogP contribution in [0.15, 0.2) is 42.5 Å². The predicted molar refractivity (Wildman–Crippen MR) is 95.9 cm³/mol. The lowest BCUT2D eigenvalue weighted by molar-refractivity contribution is -0.131. The Morgan fingerprint density at radius 1 is 1.19 bits per heavy atom. The van der Waals surface area contributed by atoms with Crippen molar-refractivity contribution in [2.24, 2.45) is 0 Å². The molecule has 1 fully saturated rings. The van der Waals surface area contributed by atoms with Crippen molar-refractivity contribution in [3.8, 4) is 11.5 Å². The maximum Gasteiger partial charge on any atom is 0.231 e. The highest BCUT2D eigenvalue weighted by Crippen LogP contribution is 2.37. The largest absolute Gasteiger partial charge is 0.454 e. The molecule has 0 saturated carbocycles. The average molecular weight is 355 g/mol. The molecule has 0 bridgehead atoms. The van der Waals surface area contributed by atoms with E-state index in [1.54, 1.807) is 12.1 Å². The highest BCUT2D eigenvalue weighted by atomic mass is 19.1. The summed E-state index contributed by atoms with van der Waals surface area (Å²) >= 11 is 0. The third-order valence-electron chi connectivity index (χ3n) is 5.35. The van der Waals surface area contributed by atoms with Crippen molar-refractivity contribution in [1.82, 2.24) is 4.90 Å². The Hall–Kier alpha value is -2.56. The number of hydrogen-bond acceptors (Lipinski definition) is 3. The summed E-state index contributed by atoms with van der Waals surface area (Å²) in [4.78, 5) is 15.0. The summed E-state index contributed by atoms with van der Waals surface area (Å²) in [5.41, 5.74) is 2.06. The molecular formula is C21H22FNO3. The normalized spacial score (nSPS) is 19.6. The van der Waals surface area contributed by atoms with Crippen molar-refractivity contribution in [2.45, 2.75) is 31.6 Å². The number of nitrogens with zero attached hydrogens (tertiary/aromatic N) is 1. The summed E-state index contributed by atoms with van der Waals surface area (Å²) in [5, 5.41) is 0. The first kappa shape index (κ1) is 16.9.